The molecule has 0 aliphatic carbocycles. The third-order valence-electron chi connectivity index (χ3n) is 4.81. The Morgan fingerprint density at radius 1 is 1.06 bits per heavy atom. The maximum Gasteiger partial charge on any atom is 0.416 e. The first-order chi connectivity index (χ1) is 14.7. The highest BCUT2D eigenvalue weighted by Gasteiger charge is 2.34. The van der Waals surface area contributed by atoms with E-state index in [0.717, 1.165) is 28.1 Å². The van der Waals surface area contributed by atoms with Crippen LogP contribution in [0.2, 0.25) is 0 Å². The minimum atomic E-state index is -4.65. The van der Waals surface area contributed by atoms with Crippen LogP contribution in [-0.4, -0.2) is 33.7 Å². The molecule has 162 valence electrons. The molecular weight excluding hydrogens is 433 g/mol. The summed E-state index contributed by atoms with van der Waals surface area (Å²) < 4.78 is 77.6. The summed E-state index contributed by atoms with van der Waals surface area (Å²) in [6.45, 7) is 0.0440. The Kier molecular flexibility index (Phi) is 5.26. The summed E-state index contributed by atoms with van der Waals surface area (Å²) in [5.41, 5.74) is 0.627. The van der Waals surface area contributed by atoms with Gasteiger partial charge in [0.05, 0.1) is 29.8 Å². The third kappa shape index (κ3) is 4.02. The normalized spacial score (nSPS) is 14.0. The molecule has 6 nitrogen and oxygen atoms in total. The van der Waals surface area contributed by atoms with Crippen molar-refractivity contribution in [3.8, 4) is 22.8 Å². The number of benzene rings is 2. The number of alkyl halides is 3. The van der Waals surface area contributed by atoms with Crippen molar-refractivity contribution >= 4 is 15.7 Å². The molecule has 1 aliphatic heterocycles. The van der Waals surface area contributed by atoms with Crippen molar-refractivity contribution < 1.29 is 31.1 Å². The summed E-state index contributed by atoms with van der Waals surface area (Å²) in [5, 5.41) is 0. The highest BCUT2D eigenvalue weighted by Crippen LogP contribution is 2.39. The summed E-state index contributed by atoms with van der Waals surface area (Å²) >= 11 is 0. The first-order valence-electron chi connectivity index (χ1n) is 9.17. The van der Waals surface area contributed by atoms with Gasteiger partial charge in [-0.3, -0.25) is 4.31 Å². The molecule has 0 saturated heterocycles. The van der Waals surface area contributed by atoms with Gasteiger partial charge in [0.1, 0.15) is 12.4 Å². The van der Waals surface area contributed by atoms with Crippen LogP contribution >= 0.6 is 0 Å². The number of pyridine rings is 1. The van der Waals surface area contributed by atoms with E-state index < -0.39 is 26.7 Å². The molecular formula is C21H17F3N2O4S. The van der Waals surface area contributed by atoms with Gasteiger partial charge < -0.3 is 9.47 Å². The summed E-state index contributed by atoms with van der Waals surface area (Å²) in [6.07, 6.45) is -3.09. The molecule has 4 rings (SSSR count). The lowest BCUT2D eigenvalue weighted by molar-refractivity contribution is -0.137. The van der Waals surface area contributed by atoms with Crippen LogP contribution < -0.4 is 13.8 Å². The monoisotopic (exact) mass is 450 g/mol. The first kappa shape index (κ1) is 21.0. The quantitative estimate of drug-likeness (QED) is 0.591. The van der Waals surface area contributed by atoms with Crippen molar-refractivity contribution in [2.45, 2.75) is 11.1 Å². The molecule has 0 atom stereocenters. The van der Waals surface area contributed by atoms with E-state index >= 15 is 0 Å². The van der Waals surface area contributed by atoms with Crippen molar-refractivity contribution in [1.29, 1.82) is 0 Å². The average molecular weight is 450 g/mol. The number of methoxy groups -OCH3 is 1. The summed E-state index contributed by atoms with van der Waals surface area (Å²) in [5.74, 6) is 0.714. The number of nitrogens with zero attached hydrogens (tertiary/aromatic N) is 2. The number of rotatable bonds is 4. The van der Waals surface area contributed by atoms with E-state index in [1.54, 1.807) is 36.5 Å². The van der Waals surface area contributed by atoms with Crippen molar-refractivity contribution in [2.24, 2.45) is 0 Å². The predicted molar refractivity (Wildman–Crippen MR) is 108 cm³/mol. The van der Waals surface area contributed by atoms with E-state index in [4.69, 9.17) is 9.47 Å². The third-order valence-corrected chi connectivity index (χ3v) is 6.62. The zero-order valence-corrected chi connectivity index (χ0v) is 17.1. The Labute approximate surface area is 176 Å². The molecule has 0 bridgehead atoms. The summed E-state index contributed by atoms with van der Waals surface area (Å²) in [7, 11) is -2.77. The molecule has 0 spiro atoms. The molecule has 2 aromatic carbocycles. The standard InChI is InChI=1S/C21H17F3N2O4S/c1-29-20-12-15(7-8-25-20)14-5-6-19-18(11-14)26(9-10-30-19)31(27,28)17-4-2-3-16(13-17)21(22,23)24/h2-8,11-13H,9-10H2,1H3. The highest BCUT2D eigenvalue weighted by atomic mass is 32.2. The van der Waals surface area contributed by atoms with E-state index in [-0.39, 0.29) is 18.8 Å². The fourth-order valence-electron chi connectivity index (χ4n) is 3.28. The average Bonchev–Trinajstić information content (AvgIpc) is 2.77. The number of hydrogen-bond acceptors (Lipinski definition) is 5. The van der Waals surface area contributed by atoms with Gasteiger partial charge in [-0.2, -0.15) is 13.2 Å². The summed E-state index contributed by atoms with van der Waals surface area (Å²) in [4.78, 5) is 3.61. The van der Waals surface area contributed by atoms with Gasteiger partial charge in [0.15, 0.2) is 0 Å². The van der Waals surface area contributed by atoms with Crippen LogP contribution in [0.5, 0.6) is 11.6 Å². The number of anilines is 1. The van der Waals surface area contributed by atoms with Gasteiger partial charge in [-0.25, -0.2) is 13.4 Å². The highest BCUT2D eigenvalue weighted by molar-refractivity contribution is 7.92. The van der Waals surface area contributed by atoms with Crippen LogP contribution in [0.4, 0.5) is 18.9 Å². The number of hydrogen-bond donors (Lipinski definition) is 0. The largest absolute Gasteiger partial charge is 0.489 e. The molecule has 0 unspecified atom stereocenters. The van der Waals surface area contributed by atoms with E-state index in [0.29, 0.717) is 23.3 Å². The number of fused-ring (bicyclic) bond motifs is 1. The molecule has 1 aliphatic rings. The van der Waals surface area contributed by atoms with Crippen LogP contribution in [0.1, 0.15) is 5.56 Å². The van der Waals surface area contributed by atoms with E-state index in [1.165, 1.54) is 7.11 Å². The second-order valence-corrected chi connectivity index (χ2v) is 8.58. The SMILES string of the molecule is COc1cc(-c2ccc3c(c2)N(S(=O)(=O)c2cccc(C(F)(F)F)c2)CCO3)ccn1. The lowest BCUT2D eigenvalue weighted by Crippen LogP contribution is -2.38. The Balaban J connectivity index is 1.78. The van der Waals surface area contributed by atoms with Crippen LogP contribution in [0.15, 0.2) is 65.7 Å². The fraction of sp³-hybridized carbons (Fsp3) is 0.190. The minimum Gasteiger partial charge on any atom is -0.489 e. The van der Waals surface area contributed by atoms with Crippen LogP contribution in [0.25, 0.3) is 11.1 Å². The van der Waals surface area contributed by atoms with Gasteiger partial charge in [-0.15, -0.1) is 0 Å². The molecule has 2 heterocycles. The molecule has 3 aromatic rings. The zero-order chi connectivity index (χ0) is 22.2. The van der Waals surface area contributed by atoms with Gasteiger partial charge in [0.25, 0.3) is 10.0 Å². The lowest BCUT2D eigenvalue weighted by atomic mass is 10.1. The Morgan fingerprint density at radius 2 is 1.84 bits per heavy atom. The molecule has 0 fully saturated rings. The number of halogens is 3. The molecule has 0 N–H and O–H groups in total. The fourth-order valence-corrected chi connectivity index (χ4v) is 4.78. The Bertz CT molecular complexity index is 1230. The summed E-state index contributed by atoms with van der Waals surface area (Å²) in [6, 6.07) is 12.1. The minimum absolute atomic E-state index is 0.0330. The molecule has 0 saturated carbocycles. The van der Waals surface area contributed by atoms with Crippen molar-refractivity contribution in [3.05, 3.63) is 66.4 Å². The maximum absolute atomic E-state index is 13.3. The second kappa shape index (κ2) is 7.77. The van der Waals surface area contributed by atoms with Gasteiger partial charge in [-0.05, 0) is 47.5 Å². The Hall–Kier alpha value is -3.27. The number of ether oxygens (including phenoxy) is 2. The maximum atomic E-state index is 13.3. The molecule has 31 heavy (non-hydrogen) atoms. The smallest absolute Gasteiger partial charge is 0.416 e. The van der Waals surface area contributed by atoms with E-state index in [9.17, 15) is 21.6 Å². The predicted octanol–water partition coefficient (Wildman–Crippen LogP) is 4.36. The topological polar surface area (TPSA) is 68.7 Å². The van der Waals surface area contributed by atoms with Crippen LogP contribution in [-0.2, 0) is 16.2 Å². The first-order valence-corrected chi connectivity index (χ1v) is 10.6. The van der Waals surface area contributed by atoms with Gasteiger partial charge >= 0.3 is 6.18 Å². The number of sulfonamides is 1. The van der Waals surface area contributed by atoms with Crippen LogP contribution in [0, 0.1) is 0 Å². The second-order valence-electron chi connectivity index (χ2n) is 6.72. The molecule has 10 heteroatoms. The Morgan fingerprint density at radius 3 is 2.58 bits per heavy atom. The molecule has 0 radical (unpaired) electrons. The van der Waals surface area contributed by atoms with Crippen molar-refractivity contribution in [2.75, 3.05) is 24.6 Å². The molecule has 0 amide bonds. The van der Waals surface area contributed by atoms with Crippen LogP contribution in [0.3, 0.4) is 0 Å². The molecule has 1 aromatic heterocycles. The number of aromatic nitrogens is 1. The van der Waals surface area contributed by atoms with E-state index in [2.05, 4.69) is 4.98 Å². The van der Waals surface area contributed by atoms with E-state index in [1.807, 2.05) is 0 Å². The van der Waals surface area contributed by atoms with Crippen molar-refractivity contribution in [1.82, 2.24) is 4.98 Å². The zero-order valence-electron chi connectivity index (χ0n) is 16.3. The van der Waals surface area contributed by atoms with Gasteiger partial charge in [-0.1, -0.05) is 12.1 Å². The van der Waals surface area contributed by atoms with Crippen molar-refractivity contribution in [3.63, 3.8) is 0 Å². The lowest BCUT2D eigenvalue weighted by Gasteiger charge is -2.31. The van der Waals surface area contributed by atoms with Gasteiger partial charge in [0, 0.05) is 12.3 Å². The van der Waals surface area contributed by atoms with Gasteiger partial charge in [0.2, 0.25) is 5.88 Å².